The number of aromatic amines is 2. The van der Waals surface area contributed by atoms with E-state index >= 15 is 0 Å². The molecule has 0 spiro atoms. The Balaban J connectivity index is 0.00000169. The van der Waals surface area contributed by atoms with Crippen LogP contribution in [0.3, 0.4) is 0 Å². The van der Waals surface area contributed by atoms with Gasteiger partial charge in [-0.25, -0.2) is 47.2 Å². The summed E-state index contributed by atoms with van der Waals surface area (Å²) in [6.45, 7) is 9.10. The van der Waals surface area contributed by atoms with Gasteiger partial charge in [0.15, 0.2) is 11.0 Å². The maximum atomic E-state index is 13.6. The van der Waals surface area contributed by atoms with E-state index < -0.39 is 20.5 Å². The molecule has 5 rings (SSSR count). The second-order valence-electron chi connectivity index (χ2n) is 11.5. The number of nitrogens with zero attached hydrogens (tertiary/aromatic N) is 4. The van der Waals surface area contributed by atoms with Crippen molar-refractivity contribution >= 4 is 17.2 Å². The molecule has 0 fully saturated rings. The molecule has 53 heavy (non-hydrogen) atoms. The van der Waals surface area contributed by atoms with Crippen molar-refractivity contribution < 1.29 is 95.5 Å². The van der Waals surface area contributed by atoms with E-state index in [1.165, 1.54) is 0 Å². The van der Waals surface area contributed by atoms with Gasteiger partial charge in [0.2, 0.25) is 0 Å². The van der Waals surface area contributed by atoms with E-state index in [1.54, 1.807) is 6.21 Å². The van der Waals surface area contributed by atoms with Crippen molar-refractivity contribution in [3.05, 3.63) is 108 Å². The summed E-state index contributed by atoms with van der Waals surface area (Å²) in [7, 11) is -8.89. The number of pyridine rings is 2. The second-order valence-corrected chi connectivity index (χ2v) is 13.0. The van der Waals surface area contributed by atoms with Crippen LogP contribution in [0.25, 0.3) is 22.4 Å². The maximum absolute atomic E-state index is 13.6. The second kappa shape index (κ2) is 23.2. The van der Waals surface area contributed by atoms with Crippen molar-refractivity contribution in [1.29, 1.82) is 0 Å². The van der Waals surface area contributed by atoms with E-state index in [1.807, 2.05) is 85.2 Å². The predicted octanol–water partition coefficient (Wildman–Crippen LogP) is -5.80. The Hall–Kier alpha value is -3.66. The van der Waals surface area contributed by atoms with E-state index in [4.69, 9.17) is 47.4 Å². The van der Waals surface area contributed by atoms with Crippen LogP contribution in [-0.2, 0) is 35.6 Å². The van der Waals surface area contributed by atoms with Crippen LogP contribution in [0.4, 0.5) is 0 Å². The van der Waals surface area contributed by atoms with Crippen molar-refractivity contribution in [2.24, 2.45) is 4.99 Å². The molecule has 0 saturated carbocycles. The van der Waals surface area contributed by atoms with E-state index in [9.17, 15) is 5.11 Å². The number of aliphatic hydroxyl groups is 1. The molecule has 0 atom stereocenters. The van der Waals surface area contributed by atoms with Crippen molar-refractivity contribution in [2.75, 3.05) is 20.2 Å². The smallest absolute Gasteiger partial charge is 0.871 e. The largest absolute Gasteiger partial charge is 2.00 e. The number of para-hydroxylation sites is 2. The Kier molecular flexibility index (Phi) is 21.6. The number of H-pyrrole nitrogens is 2. The molecule has 0 aliphatic heterocycles. The predicted molar refractivity (Wildman–Crippen MR) is 165 cm³/mol. The van der Waals surface area contributed by atoms with Crippen molar-refractivity contribution in [3.63, 3.8) is 0 Å². The van der Waals surface area contributed by atoms with Crippen molar-refractivity contribution in [3.8, 4) is 17.1 Å². The molecule has 17 nitrogen and oxygen atoms in total. The third-order valence-electron chi connectivity index (χ3n) is 6.70. The molecule has 0 aliphatic carbocycles. The van der Waals surface area contributed by atoms with Crippen LogP contribution < -0.4 is 47.4 Å². The quantitative estimate of drug-likeness (QED) is 0.104. The van der Waals surface area contributed by atoms with Crippen LogP contribution in [-0.4, -0.2) is 56.8 Å². The molecule has 20 heteroatoms. The number of aromatic nitrogens is 4. The average molecular weight is 823 g/mol. The molecular weight excluding hydrogens is 782 g/mol. The minimum atomic E-state index is -4.94. The first-order chi connectivity index (χ1) is 23.9. The number of nitrogens with one attached hydrogen (secondary N) is 2. The minimum Gasteiger partial charge on any atom is -0.871 e. The maximum Gasteiger partial charge on any atom is 2.00 e. The zero-order valence-corrected chi connectivity index (χ0v) is 31.7. The van der Waals surface area contributed by atoms with Crippen LogP contribution in [0.5, 0.6) is 5.75 Å². The van der Waals surface area contributed by atoms with E-state index in [0.717, 1.165) is 35.1 Å². The fourth-order valence-electron chi connectivity index (χ4n) is 4.52. The number of aliphatic hydroxyl groups excluding tert-OH is 1. The summed E-state index contributed by atoms with van der Waals surface area (Å²) >= 11 is 0. The molecule has 0 amide bonds. The molecule has 2 aromatic carbocycles. The standard InChI is InChI=1S/C32H34N6O.CH4O.2ClHO4.Mn.H2O/c1-32(2,3)24-18-23(30(39)27(19-24)31-36-28-12-4-5-13-29(28)37-31)20-33-16-17-38(21-25-10-6-8-14-34-25)22-26-11-7-9-15-35-26;1-2;2*2-1(3,4)5;;/h4-15,18-20,39H,16-17,21-22H2,1-3H3,(H,36,37);2H,1H3;2*(H,2,3,4,5);;1H2/q;;;;+2;/p-2. The first-order valence-corrected chi connectivity index (χ1v) is 17.4. The molecule has 0 saturated heterocycles. The zero-order valence-electron chi connectivity index (χ0n) is 29.0. The summed E-state index contributed by atoms with van der Waals surface area (Å²) in [6.07, 6.45) is 5.35. The fourth-order valence-corrected chi connectivity index (χ4v) is 4.52. The summed E-state index contributed by atoms with van der Waals surface area (Å²) in [4.78, 5) is 22.7. The average Bonchev–Trinajstić information content (AvgIpc) is 3.48. The van der Waals surface area contributed by atoms with Crippen molar-refractivity contribution in [1.82, 2.24) is 19.9 Å². The van der Waals surface area contributed by atoms with Gasteiger partial charge in [0, 0.05) is 45.4 Å². The number of imidazole rings is 1. The molecule has 5 aromatic rings. The third kappa shape index (κ3) is 19.8. The van der Waals surface area contributed by atoms with E-state index in [-0.39, 0.29) is 33.7 Å². The Morgan fingerprint density at radius 3 is 1.75 bits per heavy atom. The Bertz CT molecular complexity index is 1690. The van der Waals surface area contributed by atoms with Gasteiger partial charge < -0.3 is 15.7 Å². The van der Waals surface area contributed by atoms with Gasteiger partial charge in [-0.2, -0.15) is 0 Å². The van der Waals surface area contributed by atoms with Crippen LogP contribution in [0.2, 0.25) is 0 Å². The number of fused-ring (bicyclic) bond motifs is 1. The van der Waals surface area contributed by atoms with Gasteiger partial charge in [-0.05, 0) is 59.0 Å². The first kappa shape index (κ1) is 49.3. The summed E-state index contributed by atoms with van der Waals surface area (Å²) < 4.78 is 67.9. The molecule has 0 unspecified atom stereocenters. The number of aliphatic imine (C=N–C) groups is 1. The van der Waals surface area contributed by atoms with Gasteiger partial charge >= 0.3 is 17.1 Å². The molecule has 1 radical (unpaired) electrons. The zero-order chi connectivity index (χ0) is 38.2. The van der Waals surface area contributed by atoms with E-state index in [2.05, 4.69) is 45.6 Å². The van der Waals surface area contributed by atoms with Crippen LogP contribution >= 0.6 is 0 Å². The van der Waals surface area contributed by atoms with Gasteiger partial charge in [-0.1, -0.05) is 56.9 Å². The SMILES string of the molecule is CC(C)(C)c1cc(C=NCCN(Cc2ccccn2)Cc2ccccn2)c([O-])c(-c2[nH]c3ccccc3[nH+]2)c1.CO.O.[Mn+2].[O-][Cl+3]([O-])([O-])[O-].[O-][Cl+3]([O-])([O-])[O-]. The Labute approximate surface area is 320 Å². The summed E-state index contributed by atoms with van der Waals surface area (Å²) in [5, 5.41) is 20.6. The Morgan fingerprint density at radius 1 is 0.811 bits per heavy atom. The molecule has 0 bridgehead atoms. The molecule has 5 N–H and O–H groups in total. The number of benzene rings is 2. The monoisotopic (exact) mass is 821 g/mol. The fraction of sp³-hybridized carbons (Fsp3) is 0.273. The van der Waals surface area contributed by atoms with Crippen LogP contribution in [0.1, 0.15) is 43.3 Å². The van der Waals surface area contributed by atoms with Gasteiger partial charge in [-0.3, -0.25) is 19.9 Å². The first-order valence-electron chi connectivity index (χ1n) is 14.9. The van der Waals surface area contributed by atoms with Gasteiger partial charge in [0.1, 0.15) is 0 Å². The third-order valence-corrected chi connectivity index (χ3v) is 6.70. The number of halogens is 2. The number of hydrogen-bond donors (Lipinski definition) is 2. The molecule has 3 aromatic heterocycles. The van der Waals surface area contributed by atoms with Gasteiger partial charge in [0.25, 0.3) is 5.82 Å². The van der Waals surface area contributed by atoms with Crippen molar-refractivity contribution in [2.45, 2.75) is 39.3 Å². The summed E-state index contributed by atoms with van der Waals surface area (Å²) in [6, 6.07) is 23.8. The molecule has 3 heterocycles. The van der Waals surface area contributed by atoms with E-state index in [0.29, 0.717) is 43.1 Å². The van der Waals surface area contributed by atoms with Crippen LogP contribution in [0, 0.1) is 20.5 Å². The van der Waals surface area contributed by atoms with Gasteiger partial charge in [-0.15, -0.1) is 20.5 Å². The topological polar surface area (TPSA) is 331 Å². The number of hydrogen-bond acceptors (Lipinski definition) is 14. The van der Waals surface area contributed by atoms with Crippen LogP contribution in [0.15, 0.2) is 90.2 Å². The summed E-state index contributed by atoms with van der Waals surface area (Å²) in [5.41, 5.74) is 6.08. The molecular formula is C33H40Cl2MnN6O11. The molecule has 289 valence electrons. The minimum absolute atomic E-state index is 0. The summed E-state index contributed by atoms with van der Waals surface area (Å²) in [5.74, 6) is 0.659. The normalized spacial score (nSPS) is 11.3. The Morgan fingerprint density at radius 2 is 1.30 bits per heavy atom. The molecule has 0 aliphatic rings. The van der Waals surface area contributed by atoms with Gasteiger partial charge in [0.05, 0.1) is 23.5 Å². The number of rotatable bonds is 9.